The number of carbonyl (C=O) groups is 1. The zero-order chi connectivity index (χ0) is 19.7. The van der Waals surface area contributed by atoms with Gasteiger partial charge in [0.25, 0.3) is 0 Å². The average Bonchev–Trinajstić information content (AvgIpc) is 2.98. The first kappa shape index (κ1) is 18.6. The van der Waals surface area contributed by atoms with Gasteiger partial charge in [-0.15, -0.1) is 0 Å². The Morgan fingerprint density at radius 1 is 1.00 bits per heavy atom. The number of allylic oxidation sites excluding steroid dienone is 1. The molecule has 28 heavy (non-hydrogen) atoms. The Kier molecular flexibility index (Phi) is 5.12. The Morgan fingerprint density at radius 3 is 2.64 bits per heavy atom. The van der Waals surface area contributed by atoms with Crippen molar-refractivity contribution in [2.75, 3.05) is 0 Å². The first-order chi connectivity index (χ1) is 13.5. The number of ether oxygens (including phenoxy) is 2. The van der Waals surface area contributed by atoms with Crippen molar-refractivity contribution < 1.29 is 14.3 Å². The highest BCUT2D eigenvalue weighted by atomic mass is 35.5. The molecule has 4 rings (SSSR count). The van der Waals surface area contributed by atoms with Gasteiger partial charge in [-0.05, 0) is 48.4 Å². The van der Waals surface area contributed by atoms with Crippen LogP contribution in [0, 0.1) is 6.92 Å². The minimum absolute atomic E-state index is 0.132. The molecule has 0 radical (unpaired) electrons. The fraction of sp³-hybridized carbons (Fsp3) is 0.0870. The molecular weight excluding hydrogens is 395 g/mol. The summed E-state index contributed by atoms with van der Waals surface area (Å²) in [5.41, 5.74) is 3.47. The number of halogens is 2. The van der Waals surface area contributed by atoms with Crippen molar-refractivity contribution >= 4 is 35.1 Å². The van der Waals surface area contributed by atoms with Crippen LogP contribution in [0.4, 0.5) is 0 Å². The van der Waals surface area contributed by atoms with E-state index in [0.717, 1.165) is 16.7 Å². The lowest BCUT2D eigenvalue weighted by Gasteiger charge is -2.08. The van der Waals surface area contributed by atoms with E-state index < -0.39 is 0 Å². The van der Waals surface area contributed by atoms with Crippen LogP contribution >= 0.6 is 23.2 Å². The fourth-order valence-electron chi connectivity index (χ4n) is 2.96. The molecule has 0 amide bonds. The third-order valence-electron chi connectivity index (χ3n) is 4.37. The van der Waals surface area contributed by atoms with Crippen LogP contribution in [0.15, 0.2) is 66.4 Å². The topological polar surface area (TPSA) is 35.5 Å². The maximum atomic E-state index is 12.6. The minimum atomic E-state index is -0.132. The third-order valence-corrected chi connectivity index (χ3v) is 5.11. The number of Topliss-reactive ketones (excluding diaryl/α,β-unsaturated/α-hetero) is 1. The monoisotopic (exact) mass is 410 g/mol. The molecule has 0 aliphatic carbocycles. The van der Waals surface area contributed by atoms with Crippen molar-refractivity contribution in [1.82, 2.24) is 0 Å². The Morgan fingerprint density at radius 2 is 1.86 bits per heavy atom. The maximum Gasteiger partial charge on any atom is 0.231 e. The number of hydrogen-bond donors (Lipinski definition) is 0. The quantitative estimate of drug-likeness (QED) is 0.460. The lowest BCUT2D eigenvalue weighted by Crippen LogP contribution is -1.98. The molecule has 1 aliphatic heterocycles. The first-order valence-electron chi connectivity index (χ1n) is 8.71. The predicted octanol–water partition coefficient (Wildman–Crippen LogP) is 6.50. The molecule has 3 nitrogen and oxygen atoms in total. The van der Waals surface area contributed by atoms with Gasteiger partial charge in [0.1, 0.15) is 18.1 Å². The summed E-state index contributed by atoms with van der Waals surface area (Å²) in [6, 6.07) is 18.4. The molecule has 0 saturated heterocycles. The molecular formula is C23H16Cl2O3. The van der Waals surface area contributed by atoms with Crippen LogP contribution in [0.5, 0.6) is 11.5 Å². The van der Waals surface area contributed by atoms with E-state index >= 15 is 0 Å². The number of aryl methyl sites for hydroxylation is 1. The number of rotatable bonds is 4. The van der Waals surface area contributed by atoms with Crippen LogP contribution in [0.1, 0.15) is 27.0 Å². The standard InChI is InChI=1S/C23H16Cl2O3/c1-14-3-2-4-15(9-14)11-22-23(26)18-7-6-17(12-21(18)28-22)27-13-16-5-8-19(24)20(25)10-16/h2-12H,13H2,1H3. The van der Waals surface area contributed by atoms with Crippen molar-refractivity contribution in [2.45, 2.75) is 13.5 Å². The molecule has 0 aromatic heterocycles. The third kappa shape index (κ3) is 3.91. The van der Waals surface area contributed by atoms with Gasteiger partial charge in [-0.1, -0.05) is 59.1 Å². The molecule has 3 aromatic rings. The summed E-state index contributed by atoms with van der Waals surface area (Å²) in [6.07, 6.45) is 1.76. The van der Waals surface area contributed by atoms with Crippen molar-refractivity contribution in [1.29, 1.82) is 0 Å². The molecule has 0 saturated carbocycles. The van der Waals surface area contributed by atoms with E-state index in [1.807, 2.05) is 37.3 Å². The number of benzene rings is 3. The van der Waals surface area contributed by atoms with Crippen LogP contribution in [-0.4, -0.2) is 5.78 Å². The zero-order valence-electron chi connectivity index (χ0n) is 15.0. The number of hydrogen-bond acceptors (Lipinski definition) is 3. The summed E-state index contributed by atoms with van der Waals surface area (Å²) in [5.74, 6) is 1.28. The van der Waals surface area contributed by atoms with Gasteiger partial charge in [-0.2, -0.15) is 0 Å². The highest BCUT2D eigenvalue weighted by Gasteiger charge is 2.27. The van der Waals surface area contributed by atoms with E-state index in [1.54, 1.807) is 36.4 Å². The van der Waals surface area contributed by atoms with E-state index in [1.165, 1.54) is 0 Å². The van der Waals surface area contributed by atoms with E-state index in [-0.39, 0.29) is 5.78 Å². The molecule has 140 valence electrons. The smallest absolute Gasteiger partial charge is 0.231 e. The number of ketones is 1. The minimum Gasteiger partial charge on any atom is -0.489 e. The van der Waals surface area contributed by atoms with Crippen molar-refractivity contribution in [2.24, 2.45) is 0 Å². The lowest BCUT2D eigenvalue weighted by molar-refractivity contribution is 0.101. The highest BCUT2D eigenvalue weighted by molar-refractivity contribution is 6.42. The van der Waals surface area contributed by atoms with Gasteiger partial charge in [0.05, 0.1) is 15.6 Å². The molecule has 0 unspecified atom stereocenters. The number of fused-ring (bicyclic) bond motifs is 1. The van der Waals surface area contributed by atoms with Crippen LogP contribution < -0.4 is 9.47 Å². The molecule has 5 heteroatoms. The van der Waals surface area contributed by atoms with Gasteiger partial charge >= 0.3 is 0 Å². The van der Waals surface area contributed by atoms with Crippen molar-refractivity contribution in [3.05, 3.63) is 98.7 Å². The highest BCUT2D eigenvalue weighted by Crippen LogP contribution is 2.35. The Bertz CT molecular complexity index is 1100. The molecule has 0 bridgehead atoms. The number of carbonyl (C=O) groups excluding carboxylic acids is 1. The molecule has 0 fully saturated rings. The molecule has 1 aliphatic rings. The van der Waals surface area contributed by atoms with E-state index in [4.69, 9.17) is 32.7 Å². The fourth-order valence-corrected chi connectivity index (χ4v) is 3.29. The van der Waals surface area contributed by atoms with Gasteiger partial charge in [0.15, 0.2) is 5.76 Å². The summed E-state index contributed by atoms with van der Waals surface area (Å²) >= 11 is 12.0. The van der Waals surface area contributed by atoms with Gasteiger partial charge in [0.2, 0.25) is 5.78 Å². The second-order valence-electron chi connectivity index (χ2n) is 6.55. The van der Waals surface area contributed by atoms with Gasteiger partial charge in [-0.3, -0.25) is 4.79 Å². The normalized spacial score (nSPS) is 14.1. The molecule has 0 N–H and O–H groups in total. The van der Waals surface area contributed by atoms with Gasteiger partial charge in [0, 0.05) is 6.07 Å². The lowest BCUT2D eigenvalue weighted by atomic mass is 10.1. The van der Waals surface area contributed by atoms with Gasteiger partial charge in [-0.25, -0.2) is 0 Å². The van der Waals surface area contributed by atoms with E-state index in [0.29, 0.717) is 39.5 Å². The maximum absolute atomic E-state index is 12.6. The van der Waals surface area contributed by atoms with Crippen molar-refractivity contribution in [3.8, 4) is 11.5 Å². The Hall–Kier alpha value is -2.75. The zero-order valence-corrected chi connectivity index (χ0v) is 16.6. The van der Waals surface area contributed by atoms with E-state index in [9.17, 15) is 4.79 Å². The Labute approximate surface area is 173 Å². The van der Waals surface area contributed by atoms with Crippen LogP contribution in [0.25, 0.3) is 6.08 Å². The summed E-state index contributed by atoms with van der Waals surface area (Å²) < 4.78 is 11.6. The average molecular weight is 411 g/mol. The molecule has 3 aromatic carbocycles. The van der Waals surface area contributed by atoms with Crippen LogP contribution in [0.3, 0.4) is 0 Å². The molecule has 1 heterocycles. The van der Waals surface area contributed by atoms with Crippen molar-refractivity contribution in [3.63, 3.8) is 0 Å². The molecule has 0 spiro atoms. The summed E-state index contributed by atoms with van der Waals surface area (Å²) in [7, 11) is 0. The first-order valence-corrected chi connectivity index (χ1v) is 9.47. The summed E-state index contributed by atoms with van der Waals surface area (Å²) in [5, 5.41) is 0.986. The SMILES string of the molecule is Cc1cccc(C=C2Oc3cc(OCc4ccc(Cl)c(Cl)c4)ccc3C2=O)c1. The molecule has 0 atom stereocenters. The summed E-state index contributed by atoms with van der Waals surface area (Å²) in [4.78, 5) is 12.6. The summed E-state index contributed by atoms with van der Waals surface area (Å²) in [6.45, 7) is 2.33. The van der Waals surface area contributed by atoms with Crippen LogP contribution in [-0.2, 0) is 6.61 Å². The van der Waals surface area contributed by atoms with Crippen LogP contribution in [0.2, 0.25) is 10.0 Å². The van der Waals surface area contributed by atoms with E-state index in [2.05, 4.69) is 0 Å². The second-order valence-corrected chi connectivity index (χ2v) is 7.36. The Balaban J connectivity index is 1.51. The van der Waals surface area contributed by atoms with Gasteiger partial charge < -0.3 is 9.47 Å². The second kappa shape index (κ2) is 7.70. The largest absolute Gasteiger partial charge is 0.489 e. The predicted molar refractivity (Wildman–Crippen MR) is 111 cm³/mol.